The molecule has 0 spiro atoms. The number of hydrazine groups is 1. The molecule has 0 aromatic heterocycles. The van der Waals surface area contributed by atoms with Crippen molar-refractivity contribution in [3.63, 3.8) is 0 Å². The van der Waals surface area contributed by atoms with E-state index in [-0.39, 0.29) is 37.2 Å². The molecule has 6 atom stereocenters. The summed E-state index contributed by atoms with van der Waals surface area (Å²) >= 11 is 6.36. The molecular formula is C40H34BClFN3O8. The summed E-state index contributed by atoms with van der Waals surface area (Å²) in [4.78, 5) is 59.7. The second kappa shape index (κ2) is 13.8. The number of benzene rings is 4. The molecule has 8 rings (SSSR count). The third kappa shape index (κ3) is 5.61. The number of hydrogen-bond acceptors (Lipinski definition) is 9. The van der Waals surface area contributed by atoms with E-state index in [2.05, 4.69) is 5.43 Å². The van der Waals surface area contributed by atoms with E-state index in [4.69, 9.17) is 16.3 Å². The lowest BCUT2D eigenvalue weighted by Crippen LogP contribution is -2.53. The fraction of sp³-hybridized carbons (Fsp3) is 0.250. The molecule has 54 heavy (non-hydrogen) atoms. The Morgan fingerprint density at radius 2 is 1.61 bits per heavy atom. The van der Waals surface area contributed by atoms with E-state index in [0.29, 0.717) is 27.6 Å². The zero-order valence-corrected chi connectivity index (χ0v) is 29.4. The first-order valence-corrected chi connectivity index (χ1v) is 18.0. The molecule has 14 heteroatoms. The maximum atomic E-state index is 15.2. The van der Waals surface area contributed by atoms with Crippen LogP contribution in [-0.2, 0) is 24.6 Å². The fourth-order valence-electron chi connectivity index (χ4n) is 9.03. The highest BCUT2D eigenvalue weighted by molar-refractivity contribution is 6.58. The van der Waals surface area contributed by atoms with E-state index in [0.717, 1.165) is 15.5 Å². The van der Waals surface area contributed by atoms with Gasteiger partial charge in [-0.3, -0.25) is 29.5 Å². The Morgan fingerprint density at radius 1 is 0.889 bits per heavy atom. The molecule has 2 heterocycles. The fourth-order valence-corrected chi connectivity index (χ4v) is 9.16. The number of ether oxygens (including phenoxy) is 1. The van der Waals surface area contributed by atoms with Crippen LogP contribution in [0.25, 0.3) is 0 Å². The summed E-state index contributed by atoms with van der Waals surface area (Å²) in [6, 6.07) is 25.0. The Labute approximate surface area is 314 Å². The van der Waals surface area contributed by atoms with Crippen molar-refractivity contribution in [3.05, 3.63) is 131 Å². The van der Waals surface area contributed by atoms with Gasteiger partial charge in [-0.2, -0.15) is 5.01 Å². The van der Waals surface area contributed by atoms with E-state index >= 15 is 4.79 Å². The number of fused-ring (bicyclic) bond motifs is 4. The summed E-state index contributed by atoms with van der Waals surface area (Å²) in [5.41, 5.74) is 3.93. The zero-order valence-electron chi connectivity index (χ0n) is 28.6. The number of carbonyl (C=O) groups excluding carboxylic acids is 4. The number of nitrogens with zero attached hydrogens (tertiary/aromatic N) is 2. The number of halogens is 2. The van der Waals surface area contributed by atoms with Crippen molar-refractivity contribution in [2.24, 2.45) is 23.7 Å². The Morgan fingerprint density at radius 3 is 2.30 bits per heavy atom. The molecule has 1 saturated carbocycles. The van der Waals surface area contributed by atoms with Crippen LogP contribution in [0.2, 0.25) is 5.02 Å². The van der Waals surface area contributed by atoms with Crippen molar-refractivity contribution >= 4 is 59.2 Å². The summed E-state index contributed by atoms with van der Waals surface area (Å²) < 4.78 is 19.5. The van der Waals surface area contributed by atoms with Gasteiger partial charge in [0.1, 0.15) is 18.2 Å². The number of anilines is 2. The van der Waals surface area contributed by atoms with Crippen LogP contribution in [0.3, 0.4) is 0 Å². The molecule has 11 nitrogen and oxygen atoms in total. The Kier molecular flexibility index (Phi) is 9.13. The quantitative estimate of drug-likeness (QED) is 0.114. The van der Waals surface area contributed by atoms with Crippen LogP contribution < -0.4 is 20.5 Å². The molecule has 4 aliphatic rings. The summed E-state index contributed by atoms with van der Waals surface area (Å²) in [5.74, 6) is -6.14. The minimum absolute atomic E-state index is 0.0538. The van der Waals surface area contributed by atoms with Crippen LogP contribution in [0.4, 0.5) is 15.8 Å². The van der Waals surface area contributed by atoms with Crippen molar-refractivity contribution < 1.29 is 43.5 Å². The maximum absolute atomic E-state index is 15.2. The number of hydrogen-bond donors (Lipinski definition) is 4. The molecule has 2 aliphatic heterocycles. The molecule has 274 valence electrons. The highest BCUT2D eigenvalue weighted by Crippen LogP contribution is 2.64. The van der Waals surface area contributed by atoms with Crippen LogP contribution in [0, 0.1) is 29.5 Å². The van der Waals surface area contributed by atoms with Gasteiger partial charge >= 0.3 is 7.12 Å². The standard InChI is InChI=1S/C40H34BClFN3O8/c42-25-8-6-23(7-9-25)40-33(37(49)46(39(40)51)44-27-12-10-26(43)11-13-27)21-32-30(35(40)22-4-14-29(15-5-22)54-19-18-47)16-17-31-34(32)38(50)45(36(31)48)28-3-1-2-24(20-28)41(52)53/h1-16,20,31-35,44,47,52-53H,17-19,21H2. The Hall–Kier alpha value is -5.34. The van der Waals surface area contributed by atoms with Gasteiger partial charge < -0.3 is 19.9 Å². The van der Waals surface area contributed by atoms with Crippen molar-refractivity contribution in [2.45, 2.75) is 24.2 Å². The van der Waals surface area contributed by atoms with E-state index in [1.807, 2.05) is 6.08 Å². The molecule has 2 aliphatic carbocycles. The minimum atomic E-state index is -1.81. The highest BCUT2D eigenvalue weighted by atomic mass is 35.5. The van der Waals surface area contributed by atoms with E-state index in [9.17, 15) is 33.9 Å². The number of aliphatic hydroxyl groups excluding tert-OH is 1. The number of imide groups is 2. The molecular weight excluding hydrogens is 716 g/mol. The predicted octanol–water partition coefficient (Wildman–Crippen LogP) is 3.72. The number of rotatable bonds is 9. The highest BCUT2D eigenvalue weighted by Gasteiger charge is 2.70. The van der Waals surface area contributed by atoms with Gasteiger partial charge in [0.25, 0.3) is 11.8 Å². The topological polar surface area (TPSA) is 157 Å². The summed E-state index contributed by atoms with van der Waals surface area (Å²) in [6.45, 7) is -0.120. The van der Waals surface area contributed by atoms with Crippen molar-refractivity contribution in [2.75, 3.05) is 23.5 Å². The van der Waals surface area contributed by atoms with Crippen LogP contribution in [-0.4, -0.2) is 64.1 Å². The minimum Gasteiger partial charge on any atom is -0.491 e. The first kappa shape index (κ1) is 35.7. The van der Waals surface area contributed by atoms with Crippen LogP contribution in [0.15, 0.2) is 109 Å². The maximum Gasteiger partial charge on any atom is 0.488 e. The Balaban J connectivity index is 1.29. The zero-order chi connectivity index (χ0) is 37.9. The molecule has 4 aromatic carbocycles. The SMILES string of the molecule is O=C1C2CC3C(=CCC4C(=O)N(c5cccc(B(O)O)c5)C(=O)C43)C(c3ccc(OCCO)cc3)C2(c2ccc(Cl)cc2)C(=O)N1Nc1ccc(F)cc1. The van der Waals surface area contributed by atoms with Crippen molar-refractivity contribution in [3.8, 4) is 5.75 Å². The predicted molar refractivity (Wildman–Crippen MR) is 197 cm³/mol. The molecule has 2 saturated heterocycles. The molecule has 0 radical (unpaired) electrons. The van der Waals surface area contributed by atoms with Gasteiger partial charge in [0.05, 0.1) is 41.2 Å². The monoisotopic (exact) mass is 749 g/mol. The van der Waals surface area contributed by atoms with Crippen LogP contribution in [0.1, 0.15) is 29.9 Å². The molecule has 4 aromatic rings. The molecule has 4 N–H and O–H groups in total. The third-order valence-electron chi connectivity index (χ3n) is 11.3. The number of nitrogens with one attached hydrogen (secondary N) is 1. The van der Waals surface area contributed by atoms with Gasteiger partial charge in [0.2, 0.25) is 11.8 Å². The van der Waals surface area contributed by atoms with Crippen LogP contribution >= 0.6 is 11.6 Å². The van der Waals surface area contributed by atoms with E-state index < -0.39 is 71.6 Å². The number of amides is 4. The smallest absolute Gasteiger partial charge is 0.488 e. The number of allylic oxidation sites excluding steroid dienone is 2. The van der Waals surface area contributed by atoms with Crippen LogP contribution in [0.5, 0.6) is 5.75 Å². The average Bonchev–Trinajstić information content (AvgIpc) is 3.56. The summed E-state index contributed by atoms with van der Waals surface area (Å²) in [5, 5.41) is 30.4. The average molecular weight is 750 g/mol. The molecule has 6 unspecified atom stereocenters. The van der Waals surface area contributed by atoms with Crippen molar-refractivity contribution in [1.82, 2.24) is 5.01 Å². The lowest BCUT2D eigenvalue weighted by Gasteiger charge is -2.50. The Bertz CT molecular complexity index is 2180. The second-order valence-corrected chi connectivity index (χ2v) is 14.4. The summed E-state index contributed by atoms with van der Waals surface area (Å²) in [7, 11) is -1.81. The third-order valence-corrected chi connectivity index (χ3v) is 11.5. The number of aliphatic hydroxyl groups is 1. The van der Waals surface area contributed by atoms with Gasteiger partial charge in [-0.1, -0.05) is 59.6 Å². The lowest BCUT2D eigenvalue weighted by atomic mass is 9.49. The molecule has 3 fully saturated rings. The van der Waals surface area contributed by atoms with Gasteiger partial charge in [-0.15, -0.1) is 0 Å². The lowest BCUT2D eigenvalue weighted by molar-refractivity contribution is -0.138. The normalized spacial score (nSPS) is 25.9. The largest absolute Gasteiger partial charge is 0.491 e. The van der Waals surface area contributed by atoms with Gasteiger partial charge in [-0.05, 0) is 96.0 Å². The first-order chi connectivity index (χ1) is 26.0. The first-order valence-electron chi connectivity index (χ1n) is 17.6. The van der Waals surface area contributed by atoms with Crippen molar-refractivity contribution in [1.29, 1.82) is 0 Å². The van der Waals surface area contributed by atoms with Gasteiger partial charge in [0.15, 0.2) is 0 Å². The summed E-state index contributed by atoms with van der Waals surface area (Å²) in [6.07, 6.45) is 2.17. The van der Waals surface area contributed by atoms with E-state index in [1.54, 1.807) is 54.6 Å². The van der Waals surface area contributed by atoms with Gasteiger partial charge in [0, 0.05) is 10.9 Å². The number of carbonyl (C=O) groups is 4. The van der Waals surface area contributed by atoms with E-state index in [1.165, 1.54) is 42.5 Å². The second-order valence-electron chi connectivity index (χ2n) is 14.0. The molecule has 0 bridgehead atoms. The molecule has 4 amide bonds. The van der Waals surface area contributed by atoms with Gasteiger partial charge in [-0.25, -0.2) is 4.39 Å².